The normalized spacial score (nSPS) is 16.7. The number of phenols is 1. The van der Waals surface area contributed by atoms with Crippen molar-refractivity contribution in [2.24, 2.45) is 28.7 Å². The fourth-order valence-corrected chi connectivity index (χ4v) is 3.78. The van der Waals surface area contributed by atoms with Crippen LogP contribution in [0.5, 0.6) is 5.75 Å². The number of benzene rings is 1. The highest BCUT2D eigenvalue weighted by Gasteiger charge is 2.21. The third kappa shape index (κ3) is 27.0. The van der Waals surface area contributed by atoms with Crippen molar-refractivity contribution in [1.82, 2.24) is 20.6 Å². The summed E-state index contributed by atoms with van der Waals surface area (Å²) in [6, 6.07) is 2.86. The molecule has 5 atom stereocenters. The fourth-order valence-electron chi connectivity index (χ4n) is 3.78. The number of hydrogen-bond acceptors (Lipinski definition) is 15. The molecular weight excluding hydrogens is 722 g/mol. The van der Waals surface area contributed by atoms with Gasteiger partial charge < -0.3 is 80.0 Å². The molecular formula is C31H51N9O14. The van der Waals surface area contributed by atoms with Crippen LogP contribution in [0.3, 0.4) is 0 Å². The molecule has 0 spiro atoms. The first kappa shape index (κ1) is 50.4. The second kappa shape index (κ2) is 28.8. The lowest BCUT2D eigenvalue weighted by atomic mass is 10.1. The van der Waals surface area contributed by atoms with E-state index in [1.54, 1.807) is 18.3 Å². The minimum Gasteiger partial charge on any atom is -0.508 e. The molecule has 0 saturated carbocycles. The first-order valence-electron chi connectivity index (χ1n) is 16.0. The third-order valence-electron chi connectivity index (χ3n) is 6.64. The molecule has 4 rings (SSSR count). The molecule has 0 radical (unpaired) electrons. The number of phenolic OH excluding ortho intramolecular Hbond substituents is 1. The number of carbonyl (C=O) groups excluding carboxylic acids is 1. The second-order valence-electron chi connectivity index (χ2n) is 11.2. The maximum absolute atomic E-state index is 10.4. The molecule has 2 aliphatic heterocycles. The van der Waals surface area contributed by atoms with Crippen LogP contribution in [0.25, 0.3) is 0 Å². The number of carbonyl (C=O) groups is 7. The Morgan fingerprint density at radius 3 is 1.41 bits per heavy atom. The number of H-pyrrole nitrogens is 1. The summed E-state index contributed by atoms with van der Waals surface area (Å²) < 4.78 is 0. The highest BCUT2D eigenvalue weighted by atomic mass is 16.4. The molecule has 20 N–H and O–H groups in total. The topological polar surface area (TPSA) is 444 Å². The summed E-state index contributed by atoms with van der Waals surface area (Å²) >= 11 is 0. The Morgan fingerprint density at radius 1 is 0.722 bits per heavy atom. The summed E-state index contributed by atoms with van der Waals surface area (Å²) in [7, 11) is 0. The van der Waals surface area contributed by atoms with Gasteiger partial charge in [-0.1, -0.05) is 12.1 Å². The van der Waals surface area contributed by atoms with E-state index in [4.69, 9.17) is 52.9 Å². The number of carboxylic acids is 6. The van der Waals surface area contributed by atoms with Crippen molar-refractivity contribution in [2.75, 3.05) is 19.6 Å². The summed E-state index contributed by atoms with van der Waals surface area (Å²) in [4.78, 5) is 76.6. The average molecular weight is 774 g/mol. The fraction of sp³-hybridized carbons (Fsp3) is 0.484. The highest BCUT2D eigenvalue weighted by Crippen LogP contribution is 2.10. The number of rotatable bonds is 12. The number of aromatic nitrogens is 2. The molecule has 23 nitrogen and oxygen atoms in total. The van der Waals surface area contributed by atoms with Gasteiger partial charge in [0.15, 0.2) is 0 Å². The van der Waals surface area contributed by atoms with Crippen LogP contribution in [0.1, 0.15) is 43.4 Å². The Hall–Kier alpha value is -5.72. The van der Waals surface area contributed by atoms with E-state index in [1.807, 2.05) is 0 Å². The molecule has 2 aromatic rings. The molecule has 0 aliphatic carbocycles. The van der Waals surface area contributed by atoms with Crippen LogP contribution in [-0.2, 0) is 46.4 Å². The first-order chi connectivity index (χ1) is 25.2. The number of carboxylic acid groups (broad SMARTS) is 6. The van der Waals surface area contributed by atoms with Gasteiger partial charge in [0.05, 0.1) is 25.0 Å². The predicted octanol–water partition coefficient (Wildman–Crippen LogP) is -3.34. The predicted molar refractivity (Wildman–Crippen MR) is 189 cm³/mol. The molecule has 304 valence electrons. The van der Waals surface area contributed by atoms with E-state index >= 15 is 0 Å². The second-order valence-corrected chi connectivity index (χ2v) is 11.2. The zero-order chi connectivity index (χ0) is 41.8. The Balaban J connectivity index is 0. The van der Waals surface area contributed by atoms with E-state index in [2.05, 4.69) is 32.1 Å². The lowest BCUT2D eigenvalue weighted by molar-refractivity contribution is -0.140. The standard InChI is InChI=1S/C9H11NO3.C6H9N3O2.2C5H9NO2.C4H8N2O3.C2H5NO2/c10-8(9(12)13)5-6-1-3-7(11)4-2-6;7-5(6(10)11)1-4-2-8-3-9-4;2*7-5(8)4-2-1-3-6-4;5-2(4(8)9)1-3(6)7;3-1-2(4)5/h1-4,8,11H,5,10H2,(H,12,13);2-3,5H,1,7H2,(H,8,9)(H,10,11);2*4,6H,1-3H2,(H,7,8);2H,1,5H2,(H2,6,7)(H,8,9);1,3H2,(H,4,5)/t8-;5-;2*4-;2-;/m00000./s1. The molecule has 23 heteroatoms. The van der Waals surface area contributed by atoms with Crippen LogP contribution in [0.4, 0.5) is 0 Å². The van der Waals surface area contributed by atoms with Gasteiger partial charge in [0.2, 0.25) is 5.91 Å². The van der Waals surface area contributed by atoms with Crippen molar-refractivity contribution in [3.63, 3.8) is 0 Å². The van der Waals surface area contributed by atoms with Crippen molar-refractivity contribution in [3.05, 3.63) is 48.0 Å². The van der Waals surface area contributed by atoms with Gasteiger partial charge in [0.25, 0.3) is 0 Å². The summed E-state index contributed by atoms with van der Waals surface area (Å²) in [5.41, 5.74) is 26.2. The summed E-state index contributed by atoms with van der Waals surface area (Å²) in [5, 5.41) is 64.0. The molecule has 2 aliphatic rings. The number of imidazole rings is 1. The molecule has 3 heterocycles. The van der Waals surface area contributed by atoms with Gasteiger partial charge in [-0.25, -0.2) is 4.98 Å². The Labute approximate surface area is 308 Å². The Kier molecular flexibility index (Phi) is 26.9. The molecule has 0 unspecified atom stereocenters. The van der Waals surface area contributed by atoms with E-state index in [-0.39, 0.29) is 43.6 Å². The number of nitrogens with one attached hydrogen (secondary N) is 3. The quantitative estimate of drug-likeness (QED) is 0.100. The van der Waals surface area contributed by atoms with E-state index in [0.29, 0.717) is 5.69 Å². The SMILES string of the molecule is NC(=O)C[C@H](N)C(=O)O.NCC(=O)O.N[C@@H](Cc1c[nH]cn1)C(=O)O.N[C@@H](Cc1ccc(O)cc1)C(=O)O.O=C(O)[C@@H]1CCCN1.O=C(O)[C@@H]1CCCN1. The van der Waals surface area contributed by atoms with Crippen molar-refractivity contribution in [3.8, 4) is 5.75 Å². The lowest BCUT2D eigenvalue weighted by Crippen LogP contribution is -2.34. The number of aromatic amines is 1. The zero-order valence-electron chi connectivity index (χ0n) is 29.2. The van der Waals surface area contributed by atoms with Crippen LogP contribution in [-0.4, -0.2) is 137 Å². The van der Waals surface area contributed by atoms with Crippen LogP contribution in [0, 0.1) is 0 Å². The number of primary amides is 1. The molecule has 1 aromatic carbocycles. The van der Waals surface area contributed by atoms with Crippen LogP contribution in [0.15, 0.2) is 36.8 Å². The Bertz CT molecular complexity index is 1390. The van der Waals surface area contributed by atoms with Gasteiger partial charge in [0, 0.05) is 12.6 Å². The number of hydrogen-bond donors (Lipinski definition) is 15. The molecule has 1 aromatic heterocycles. The highest BCUT2D eigenvalue weighted by molar-refractivity contribution is 5.83. The zero-order valence-corrected chi connectivity index (χ0v) is 29.2. The number of aromatic hydroxyl groups is 1. The van der Waals surface area contributed by atoms with E-state index < -0.39 is 59.8 Å². The van der Waals surface area contributed by atoms with Crippen molar-refractivity contribution in [1.29, 1.82) is 0 Å². The number of nitrogens with zero attached hydrogens (tertiary/aromatic N) is 1. The Morgan fingerprint density at radius 2 is 1.15 bits per heavy atom. The number of nitrogens with two attached hydrogens (primary N) is 5. The van der Waals surface area contributed by atoms with Gasteiger partial charge in [-0.2, -0.15) is 0 Å². The first-order valence-corrected chi connectivity index (χ1v) is 16.0. The minimum absolute atomic E-state index is 0.160. The van der Waals surface area contributed by atoms with Crippen molar-refractivity contribution >= 4 is 41.7 Å². The van der Waals surface area contributed by atoms with Crippen LogP contribution >= 0.6 is 0 Å². The number of amides is 1. The van der Waals surface area contributed by atoms with Gasteiger partial charge in [-0.05, 0) is 62.9 Å². The third-order valence-corrected chi connectivity index (χ3v) is 6.64. The molecule has 2 saturated heterocycles. The van der Waals surface area contributed by atoms with Gasteiger partial charge in [0.1, 0.15) is 36.0 Å². The van der Waals surface area contributed by atoms with Gasteiger partial charge in [-0.15, -0.1) is 0 Å². The van der Waals surface area contributed by atoms with E-state index in [0.717, 1.165) is 44.3 Å². The lowest BCUT2D eigenvalue weighted by Gasteiger charge is -2.05. The monoisotopic (exact) mass is 773 g/mol. The van der Waals surface area contributed by atoms with E-state index in [1.165, 1.54) is 18.5 Å². The van der Waals surface area contributed by atoms with E-state index in [9.17, 15) is 33.6 Å². The van der Waals surface area contributed by atoms with Crippen molar-refractivity contribution in [2.45, 2.75) is 75.2 Å². The van der Waals surface area contributed by atoms with Crippen LogP contribution in [0.2, 0.25) is 0 Å². The number of aliphatic carboxylic acids is 6. The average Bonchev–Trinajstić information content (AvgIpc) is 3.92. The maximum Gasteiger partial charge on any atom is 0.321 e. The van der Waals surface area contributed by atoms with Crippen LogP contribution < -0.4 is 39.3 Å². The van der Waals surface area contributed by atoms with Crippen molar-refractivity contribution < 1.29 is 69.3 Å². The molecule has 2 fully saturated rings. The smallest absolute Gasteiger partial charge is 0.321 e. The minimum atomic E-state index is -1.21. The van der Waals surface area contributed by atoms with Gasteiger partial charge in [-0.3, -0.25) is 33.6 Å². The summed E-state index contributed by atoms with van der Waals surface area (Å²) in [6.45, 7) is 1.44. The summed E-state index contributed by atoms with van der Waals surface area (Å²) in [6.07, 6.45) is 6.91. The largest absolute Gasteiger partial charge is 0.508 e. The summed E-state index contributed by atoms with van der Waals surface area (Å²) in [5.74, 6) is -6.19. The molecule has 0 bridgehead atoms. The molecule has 1 amide bonds. The van der Waals surface area contributed by atoms with Gasteiger partial charge >= 0.3 is 35.8 Å². The molecule has 54 heavy (non-hydrogen) atoms. The maximum atomic E-state index is 10.4.